The Labute approximate surface area is 158 Å². The van der Waals surface area contributed by atoms with E-state index in [-0.39, 0.29) is 0 Å². The molecule has 0 fully saturated rings. The van der Waals surface area contributed by atoms with Crippen LogP contribution in [0.4, 0.5) is 5.69 Å². The Kier molecular flexibility index (Phi) is 5.50. The highest BCUT2D eigenvalue weighted by Gasteiger charge is 2.13. The van der Waals surface area contributed by atoms with Crippen LogP contribution < -0.4 is 5.32 Å². The Hall–Kier alpha value is -2.90. The van der Waals surface area contributed by atoms with E-state index in [1.165, 1.54) is 29.5 Å². The molecule has 0 aliphatic carbocycles. The molecule has 0 unspecified atom stereocenters. The van der Waals surface area contributed by atoms with Crippen molar-refractivity contribution in [3.63, 3.8) is 0 Å². The molecule has 1 N–H and O–H groups in total. The Balaban J connectivity index is 1.66. The van der Waals surface area contributed by atoms with Gasteiger partial charge >= 0.3 is 5.97 Å². The van der Waals surface area contributed by atoms with E-state index in [2.05, 4.69) is 15.4 Å². The number of nitrogens with zero attached hydrogens (tertiary/aromatic N) is 3. The van der Waals surface area contributed by atoms with Gasteiger partial charge in [0.1, 0.15) is 12.7 Å². The van der Waals surface area contributed by atoms with Gasteiger partial charge in [-0.2, -0.15) is 5.10 Å². The number of ether oxygens (including phenoxy) is 1. The summed E-state index contributed by atoms with van der Waals surface area (Å²) >= 11 is 11.8. The van der Waals surface area contributed by atoms with E-state index < -0.39 is 18.5 Å². The van der Waals surface area contributed by atoms with Crippen LogP contribution in [0, 0.1) is 0 Å². The van der Waals surface area contributed by atoms with Gasteiger partial charge in [-0.15, -0.1) is 0 Å². The van der Waals surface area contributed by atoms with Gasteiger partial charge in [0.05, 0.1) is 16.9 Å². The Bertz CT molecular complexity index is 928. The van der Waals surface area contributed by atoms with Crippen LogP contribution in [-0.4, -0.2) is 33.2 Å². The zero-order valence-electron chi connectivity index (χ0n) is 13.2. The quantitative estimate of drug-likeness (QED) is 0.674. The Morgan fingerprint density at radius 2 is 1.81 bits per heavy atom. The second kappa shape index (κ2) is 7.99. The molecule has 2 aromatic carbocycles. The van der Waals surface area contributed by atoms with Crippen molar-refractivity contribution in [2.75, 3.05) is 11.9 Å². The normalized spacial score (nSPS) is 10.4. The van der Waals surface area contributed by atoms with E-state index >= 15 is 0 Å². The number of hydrogen-bond acceptors (Lipinski definition) is 5. The average Bonchev–Trinajstić information content (AvgIpc) is 3.15. The van der Waals surface area contributed by atoms with Crippen molar-refractivity contribution in [3.05, 3.63) is 70.7 Å². The molecule has 1 aromatic heterocycles. The molecule has 0 saturated carbocycles. The van der Waals surface area contributed by atoms with Gasteiger partial charge in [-0.05, 0) is 42.5 Å². The van der Waals surface area contributed by atoms with Gasteiger partial charge < -0.3 is 10.1 Å². The maximum absolute atomic E-state index is 12.1. The summed E-state index contributed by atoms with van der Waals surface area (Å²) in [6.07, 6.45) is 2.85. The molecule has 9 heteroatoms. The number of hydrogen-bond donors (Lipinski definition) is 1. The van der Waals surface area contributed by atoms with E-state index in [0.29, 0.717) is 27.0 Å². The highest BCUT2D eigenvalue weighted by Crippen LogP contribution is 2.23. The van der Waals surface area contributed by atoms with Crippen LogP contribution in [0.2, 0.25) is 10.0 Å². The summed E-state index contributed by atoms with van der Waals surface area (Å²) in [5.74, 6) is -1.14. The topological polar surface area (TPSA) is 86.1 Å². The van der Waals surface area contributed by atoms with E-state index in [1.54, 1.807) is 30.3 Å². The number of rotatable bonds is 5. The Morgan fingerprint density at radius 3 is 2.50 bits per heavy atom. The van der Waals surface area contributed by atoms with Crippen LogP contribution in [0.5, 0.6) is 0 Å². The smallest absolute Gasteiger partial charge is 0.338 e. The zero-order valence-corrected chi connectivity index (χ0v) is 14.7. The van der Waals surface area contributed by atoms with E-state index in [4.69, 9.17) is 27.9 Å². The lowest BCUT2D eigenvalue weighted by molar-refractivity contribution is -0.119. The van der Waals surface area contributed by atoms with E-state index in [9.17, 15) is 9.59 Å². The number of benzene rings is 2. The number of nitrogens with one attached hydrogen (secondary N) is 1. The largest absolute Gasteiger partial charge is 0.452 e. The second-order valence-corrected chi connectivity index (χ2v) is 6.01. The SMILES string of the molecule is O=C(COC(=O)c1ccc(Cl)cc1)Nc1cc(Cl)ccc1-n1cncn1. The first kappa shape index (κ1) is 17.9. The predicted octanol–water partition coefficient (Wildman–Crippen LogP) is 3.37. The van der Waals surface area contributed by atoms with Gasteiger partial charge in [0.2, 0.25) is 0 Å². The molecular weight excluding hydrogens is 379 g/mol. The van der Waals surface area contributed by atoms with Crippen LogP contribution in [0.15, 0.2) is 55.1 Å². The van der Waals surface area contributed by atoms with Crippen molar-refractivity contribution >= 4 is 40.8 Å². The second-order valence-electron chi connectivity index (χ2n) is 5.13. The fraction of sp³-hybridized carbons (Fsp3) is 0.0588. The molecule has 26 heavy (non-hydrogen) atoms. The molecule has 3 aromatic rings. The minimum atomic E-state index is -0.626. The summed E-state index contributed by atoms with van der Waals surface area (Å²) in [4.78, 5) is 27.9. The summed E-state index contributed by atoms with van der Waals surface area (Å²) in [5, 5.41) is 7.60. The summed E-state index contributed by atoms with van der Waals surface area (Å²) in [6, 6.07) is 11.1. The predicted molar refractivity (Wildman–Crippen MR) is 96.7 cm³/mol. The molecule has 1 heterocycles. The van der Waals surface area contributed by atoms with Crippen molar-refractivity contribution in [2.24, 2.45) is 0 Å². The third kappa shape index (κ3) is 4.38. The van der Waals surface area contributed by atoms with Crippen LogP contribution in [0.3, 0.4) is 0 Å². The first-order valence-corrected chi connectivity index (χ1v) is 8.15. The molecule has 0 atom stereocenters. The lowest BCUT2D eigenvalue weighted by Gasteiger charge is -2.11. The summed E-state index contributed by atoms with van der Waals surface area (Å²) in [5.41, 5.74) is 1.29. The van der Waals surface area contributed by atoms with Gasteiger partial charge in [-0.1, -0.05) is 23.2 Å². The standard InChI is InChI=1S/C17H12Cl2N4O3/c18-12-3-1-11(2-4-12)17(25)26-8-16(24)22-14-7-13(19)5-6-15(14)23-10-20-9-21-23/h1-7,9-10H,8H2,(H,22,24). The van der Waals surface area contributed by atoms with Gasteiger partial charge in [0.15, 0.2) is 6.61 Å². The first-order chi connectivity index (χ1) is 12.5. The van der Waals surface area contributed by atoms with E-state index in [1.807, 2.05) is 0 Å². The fourth-order valence-corrected chi connectivity index (χ4v) is 2.43. The van der Waals surface area contributed by atoms with Crippen molar-refractivity contribution in [1.82, 2.24) is 14.8 Å². The number of aromatic nitrogens is 3. The lowest BCUT2D eigenvalue weighted by atomic mass is 10.2. The lowest BCUT2D eigenvalue weighted by Crippen LogP contribution is -2.21. The molecule has 0 aliphatic rings. The molecule has 0 saturated heterocycles. The van der Waals surface area contributed by atoms with Crippen LogP contribution in [-0.2, 0) is 9.53 Å². The molecule has 132 valence electrons. The number of anilines is 1. The number of halogens is 2. The van der Waals surface area contributed by atoms with Crippen molar-refractivity contribution in [2.45, 2.75) is 0 Å². The number of carbonyl (C=O) groups excluding carboxylic acids is 2. The van der Waals surface area contributed by atoms with Crippen molar-refractivity contribution < 1.29 is 14.3 Å². The third-order valence-corrected chi connectivity index (χ3v) is 3.80. The molecule has 7 nitrogen and oxygen atoms in total. The number of carbonyl (C=O) groups is 2. The average molecular weight is 391 g/mol. The highest BCUT2D eigenvalue weighted by molar-refractivity contribution is 6.31. The monoisotopic (exact) mass is 390 g/mol. The van der Waals surface area contributed by atoms with Gasteiger partial charge in [-0.25, -0.2) is 14.5 Å². The van der Waals surface area contributed by atoms with Crippen LogP contribution in [0.25, 0.3) is 5.69 Å². The van der Waals surface area contributed by atoms with Gasteiger partial charge in [0.25, 0.3) is 5.91 Å². The number of amides is 1. The van der Waals surface area contributed by atoms with Gasteiger partial charge in [0, 0.05) is 10.0 Å². The molecule has 3 rings (SSSR count). The van der Waals surface area contributed by atoms with Crippen LogP contribution >= 0.6 is 23.2 Å². The van der Waals surface area contributed by atoms with Crippen LogP contribution in [0.1, 0.15) is 10.4 Å². The van der Waals surface area contributed by atoms with Crippen molar-refractivity contribution in [1.29, 1.82) is 0 Å². The van der Waals surface area contributed by atoms with Crippen molar-refractivity contribution in [3.8, 4) is 5.69 Å². The molecule has 0 radical (unpaired) electrons. The third-order valence-electron chi connectivity index (χ3n) is 3.31. The maximum atomic E-state index is 12.1. The minimum absolute atomic E-state index is 0.299. The molecule has 0 spiro atoms. The molecule has 1 amide bonds. The first-order valence-electron chi connectivity index (χ1n) is 7.40. The highest BCUT2D eigenvalue weighted by atomic mass is 35.5. The Morgan fingerprint density at radius 1 is 1.08 bits per heavy atom. The number of esters is 1. The maximum Gasteiger partial charge on any atom is 0.338 e. The molecule has 0 aliphatic heterocycles. The van der Waals surface area contributed by atoms with E-state index in [0.717, 1.165) is 0 Å². The fourth-order valence-electron chi connectivity index (χ4n) is 2.13. The molecular formula is C17H12Cl2N4O3. The summed E-state index contributed by atoms with van der Waals surface area (Å²) < 4.78 is 6.48. The minimum Gasteiger partial charge on any atom is -0.452 e. The zero-order chi connectivity index (χ0) is 18.5. The van der Waals surface area contributed by atoms with Gasteiger partial charge in [-0.3, -0.25) is 4.79 Å². The molecule has 0 bridgehead atoms. The summed E-state index contributed by atoms with van der Waals surface area (Å²) in [7, 11) is 0. The summed E-state index contributed by atoms with van der Waals surface area (Å²) in [6.45, 7) is -0.454.